The quantitative estimate of drug-likeness (QED) is 0.859. The predicted octanol–water partition coefficient (Wildman–Crippen LogP) is 3.05. The first-order valence-corrected chi connectivity index (χ1v) is 7.33. The van der Waals surface area contributed by atoms with E-state index in [1.54, 1.807) is 18.4 Å². The van der Waals surface area contributed by atoms with Gasteiger partial charge in [0.25, 0.3) is 0 Å². The Balaban J connectivity index is 1.86. The number of amides is 1. The molecule has 1 atom stereocenters. The van der Waals surface area contributed by atoms with Crippen LogP contribution >= 0.6 is 11.3 Å². The molecular formula is C15H18N2O2S. The van der Waals surface area contributed by atoms with E-state index in [9.17, 15) is 4.79 Å². The number of nitrogens with one attached hydrogen (secondary N) is 2. The second-order valence-electron chi connectivity index (χ2n) is 4.41. The molecule has 20 heavy (non-hydrogen) atoms. The number of carbonyl (C=O) groups is 1. The van der Waals surface area contributed by atoms with Crippen LogP contribution in [0.3, 0.4) is 0 Å². The zero-order valence-electron chi connectivity index (χ0n) is 11.6. The largest absolute Gasteiger partial charge is 0.495 e. The smallest absolute Gasteiger partial charge is 0.238 e. The third kappa shape index (κ3) is 3.82. The summed E-state index contributed by atoms with van der Waals surface area (Å²) >= 11 is 1.65. The van der Waals surface area contributed by atoms with E-state index in [0.29, 0.717) is 11.4 Å². The average Bonchev–Trinajstić information content (AvgIpc) is 2.99. The van der Waals surface area contributed by atoms with E-state index in [-0.39, 0.29) is 18.5 Å². The van der Waals surface area contributed by atoms with Gasteiger partial charge in [-0.3, -0.25) is 4.79 Å². The first kappa shape index (κ1) is 14.6. The Labute approximate surface area is 122 Å². The zero-order chi connectivity index (χ0) is 14.4. The topological polar surface area (TPSA) is 50.4 Å². The molecule has 2 N–H and O–H groups in total. The van der Waals surface area contributed by atoms with E-state index in [1.807, 2.05) is 36.6 Å². The number of benzene rings is 1. The summed E-state index contributed by atoms with van der Waals surface area (Å²) in [5, 5.41) is 10.1. The number of anilines is 1. The summed E-state index contributed by atoms with van der Waals surface area (Å²) in [5.74, 6) is 0.573. The van der Waals surface area contributed by atoms with E-state index < -0.39 is 0 Å². The van der Waals surface area contributed by atoms with Gasteiger partial charge in [-0.15, -0.1) is 0 Å². The summed E-state index contributed by atoms with van der Waals surface area (Å²) < 4.78 is 5.20. The molecule has 5 heteroatoms. The third-order valence-corrected chi connectivity index (χ3v) is 3.69. The Bertz CT molecular complexity index is 555. The highest BCUT2D eigenvalue weighted by Gasteiger charge is 2.09. The fourth-order valence-electron chi connectivity index (χ4n) is 1.83. The lowest BCUT2D eigenvalue weighted by Crippen LogP contribution is -2.30. The van der Waals surface area contributed by atoms with Crippen LogP contribution in [-0.2, 0) is 4.79 Å². The highest BCUT2D eigenvalue weighted by atomic mass is 32.1. The normalized spacial score (nSPS) is 11.9. The Morgan fingerprint density at radius 3 is 2.85 bits per heavy atom. The minimum atomic E-state index is -0.0865. The molecule has 0 aliphatic rings. The third-order valence-electron chi connectivity index (χ3n) is 2.99. The highest BCUT2D eigenvalue weighted by molar-refractivity contribution is 7.07. The Morgan fingerprint density at radius 1 is 1.35 bits per heavy atom. The van der Waals surface area contributed by atoms with Crippen LogP contribution in [0.15, 0.2) is 41.1 Å². The molecule has 0 aliphatic heterocycles. The molecule has 0 saturated carbocycles. The first-order chi connectivity index (χ1) is 9.70. The molecule has 2 aromatic rings. The monoisotopic (exact) mass is 290 g/mol. The van der Waals surface area contributed by atoms with Crippen molar-refractivity contribution < 1.29 is 9.53 Å². The second kappa shape index (κ2) is 7.07. The molecule has 0 spiro atoms. The highest BCUT2D eigenvalue weighted by Crippen LogP contribution is 2.22. The number of methoxy groups -OCH3 is 1. The number of hydrogen-bond donors (Lipinski definition) is 2. The maximum Gasteiger partial charge on any atom is 0.238 e. The Hall–Kier alpha value is -1.85. The summed E-state index contributed by atoms with van der Waals surface area (Å²) in [5.41, 5.74) is 1.88. The van der Waals surface area contributed by atoms with Crippen molar-refractivity contribution in [3.05, 3.63) is 46.7 Å². The molecule has 106 valence electrons. The van der Waals surface area contributed by atoms with Crippen LogP contribution in [0.4, 0.5) is 5.69 Å². The molecule has 1 amide bonds. The maximum atomic E-state index is 11.9. The molecule has 0 radical (unpaired) electrons. The lowest BCUT2D eigenvalue weighted by atomic mass is 10.2. The molecule has 1 heterocycles. The number of hydrogen-bond acceptors (Lipinski definition) is 4. The van der Waals surface area contributed by atoms with Gasteiger partial charge in [-0.25, -0.2) is 0 Å². The van der Waals surface area contributed by atoms with Crippen molar-refractivity contribution in [1.29, 1.82) is 0 Å². The fraction of sp³-hybridized carbons (Fsp3) is 0.267. The van der Waals surface area contributed by atoms with Crippen molar-refractivity contribution in [2.75, 3.05) is 19.0 Å². The van der Waals surface area contributed by atoms with Gasteiger partial charge in [-0.2, -0.15) is 11.3 Å². The van der Waals surface area contributed by atoms with Crippen LogP contribution in [0.25, 0.3) is 0 Å². The van der Waals surface area contributed by atoms with Gasteiger partial charge >= 0.3 is 0 Å². The summed E-state index contributed by atoms with van der Waals surface area (Å²) in [6, 6.07) is 9.58. The average molecular weight is 290 g/mol. The van der Waals surface area contributed by atoms with Crippen LogP contribution in [0.1, 0.15) is 18.5 Å². The van der Waals surface area contributed by atoms with Crippen molar-refractivity contribution in [1.82, 2.24) is 5.32 Å². The molecule has 0 fully saturated rings. The first-order valence-electron chi connectivity index (χ1n) is 6.39. The van der Waals surface area contributed by atoms with Crippen LogP contribution < -0.4 is 15.4 Å². The zero-order valence-corrected chi connectivity index (χ0v) is 12.4. The summed E-state index contributed by atoms with van der Waals surface area (Å²) in [7, 11) is 1.59. The lowest BCUT2D eigenvalue weighted by molar-refractivity contribution is -0.115. The van der Waals surface area contributed by atoms with Gasteiger partial charge in [0, 0.05) is 6.04 Å². The number of thiophene rings is 1. The van der Waals surface area contributed by atoms with Crippen LogP contribution in [0.2, 0.25) is 0 Å². The standard InChI is InChI=1S/C15H18N2O2S/c1-11(12-7-8-20-10-12)16-9-15(18)17-13-5-3-4-6-14(13)19-2/h3-8,10-11,16H,9H2,1-2H3,(H,17,18). The molecule has 1 aromatic carbocycles. The lowest BCUT2D eigenvalue weighted by Gasteiger charge is -2.13. The van der Waals surface area contributed by atoms with Crippen LogP contribution in [0.5, 0.6) is 5.75 Å². The second-order valence-corrected chi connectivity index (χ2v) is 5.19. The van der Waals surface area contributed by atoms with Crippen molar-refractivity contribution in [2.24, 2.45) is 0 Å². The molecule has 0 aliphatic carbocycles. The summed E-state index contributed by atoms with van der Waals surface area (Å²) in [6.45, 7) is 2.30. The van der Waals surface area contributed by atoms with E-state index in [2.05, 4.69) is 22.1 Å². The van der Waals surface area contributed by atoms with Crippen molar-refractivity contribution in [3.63, 3.8) is 0 Å². The van der Waals surface area contributed by atoms with Crippen molar-refractivity contribution in [3.8, 4) is 5.75 Å². The van der Waals surface area contributed by atoms with E-state index in [0.717, 1.165) is 0 Å². The molecular weight excluding hydrogens is 272 g/mol. The van der Waals surface area contributed by atoms with E-state index in [4.69, 9.17) is 4.74 Å². The minimum absolute atomic E-state index is 0.0865. The van der Waals surface area contributed by atoms with Gasteiger partial charge in [-0.1, -0.05) is 12.1 Å². The number of carbonyl (C=O) groups excluding carboxylic acids is 1. The van der Waals surface area contributed by atoms with Gasteiger partial charge in [0.1, 0.15) is 5.75 Å². The fourth-order valence-corrected chi connectivity index (χ4v) is 2.58. The summed E-state index contributed by atoms with van der Waals surface area (Å²) in [6.07, 6.45) is 0. The van der Waals surface area contributed by atoms with Gasteiger partial charge in [0.2, 0.25) is 5.91 Å². The Kier molecular flexibility index (Phi) is 5.15. The van der Waals surface area contributed by atoms with Crippen molar-refractivity contribution in [2.45, 2.75) is 13.0 Å². The van der Waals surface area contributed by atoms with Crippen LogP contribution in [0, 0.1) is 0 Å². The molecule has 0 saturated heterocycles. The van der Waals surface area contributed by atoms with Crippen LogP contribution in [-0.4, -0.2) is 19.6 Å². The van der Waals surface area contributed by atoms with Gasteiger partial charge in [0.15, 0.2) is 0 Å². The summed E-state index contributed by atoms with van der Waals surface area (Å²) in [4.78, 5) is 11.9. The maximum absolute atomic E-state index is 11.9. The number of rotatable bonds is 6. The van der Waals surface area contributed by atoms with Gasteiger partial charge < -0.3 is 15.4 Å². The Morgan fingerprint density at radius 2 is 2.15 bits per heavy atom. The molecule has 2 rings (SSSR count). The van der Waals surface area contributed by atoms with Gasteiger partial charge in [0.05, 0.1) is 19.3 Å². The molecule has 1 unspecified atom stereocenters. The molecule has 4 nitrogen and oxygen atoms in total. The minimum Gasteiger partial charge on any atom is -0.495 e. The predicted molar refractivity (Wildman–Crippen MR) is 82.4 cm³/mol. The van der Waals surface area contributed by atoms with Gasteiger partial charge in [-0.05, 0) is 41.4 Å². The molecule has 1 aromatic heterocycles. The van der Waals surface area contributed by atoms with E-state index in [1.165, 1.54) is 5.56 Å². The number of para-hydroxylation sites is 2. The molecule has 0 bridgehead atoms. The van der Waals surface area contributed by atoms with Crippen molar-refractivity contribution >= 4 is 22.9 Å². The SMILES string of the molecule is COc1ccccc1NC(=O)CNC(C)c1ccsc1. The van der Waals surface area contributed by atoms with E-state index >= 15 is 0 Å². The number of ether oxygens (including phenoxy) is 1.